The minimum absolute atomic E-state index is 0.169. The van der Waals surface area contributed by atoms with Crippen molar-refractivity contribution >= 4 is 27.3 Å². The summed E-state index contributed by atoms with van der Waals surface area (Å²) < 4.78 is 0.737. The Morgan fingerprint density at radius 1 is 1.52 bits per heavy atom. The van der Waals surface area contributed by atoms with Crippen molar-refractivity contribution < 1.29 is 4.92 Å². The van der Waals surface area contributed by atoms with Crippen molar-refractivity contribution in [2.24, 2.45) is 5.92 Å². The van der Waals surface area contributed by atoms with Crippen LogP contribution in [-0.2, 0) is 0 Å². The maximum absolute atomic E-state index is 11.3. The van der Waals surface area contributed by atoms with E-state index in [4.69, 9.17) is 0 Å². The van der Waals surface area contributed by atoms with Gasteiger partial charge in [-0.3, -0.25) is 10.1 Å². The lowest BCUT2D eigenvalue weighted by Gasteiger charge is -2.29. The number of nitro groups is 1. The Bertz CT molecular complexity index is 502. The van der Waals surface area contributed by atoms with Crippen LogP contribution in [0.25, 0.3) is 0 Å². The van der Waals surface area contributed by atoms with Crippen molar-refractivity contribution in [2.75, 3.05) is 24.5 Å². The molecule has 2 rings (SSSR count). The van der Waals surface area contributed by atoms with Gasteiger partial charge in [0, 0.05) is 29.7 Å². The fourth-order valence-electron chi connectivity index (χ4n) is 2.80. The van der Waals surface area contributed by atoms with Gasteiger partial charge < -0.3 is 10.2 Å². The molecule has 1 unspecified atom stereocenters. The molecule has 0 amide bonds. The molecule has 0 radical (unpaired) electrons. The molecule has 1 heterocycles. The maximum Gasteiger partial charge on any atom is 0.293 e. The predicted octanol–water partition coefficient (Wildman–Crippen LogP) is 3.57. The van der Waals surface area contributed by atoms with Gasteiger partial charge in [0.2, 0.25) is 0 Å². The van der Waals surface area contributed by atoms with Crippen LogP contribution in [0, 0.1) is 16.0 Å². The number of anilines is 1. The minimum Gasteiger partial charge on any atom is -0.364 e. The van der Waals surface area contributed by atoms with Gasteiger partial charge in [-0.2, -0.15) is 0 Å². The third-order valence-corrected chi connectivity index (χ3v) is 4.16. The third kappa shape index (κ3) is 4.41. The van der Waals surface area contributed by atoms with Crippen LogP contribution in [0.3, 0.4) is 0 Å². The number of hydrogen-bond donors (Lipinski definition) is 1. The molecule has 1 fully saturated rings. The molecular weight excluding hydrogens is 334 g/mol. The van der Waals surface area contributed by atoms with Crippen LogP contribution < -0.4 is 10.2 Å². The van der Waals surface area contributed by atoms with Gasteiger partial charge in [0.15, 0.2) is 0 Å². The molecule has 1 N–H and O–H groups in total. The third-order valence-electron chi connectivity index (χ3n) is 3.66. The van der Waals surface area contributed by atoms with Gasteiger partial charge in [-0.15, -0.1) is 0 Å². The summed E-state index contributed by atoms with van der Waals surface area (Å²) in [5.74, 6) is 0.453. The Morgan fingerprint density at radius 2 is 2.29 bits per heavy atom. The number of nitrogens with one attached hydrogen (secondary N) is 1. The molecule has 1 saturated heterocycles. The fourth-order valence-corrected chi connectivity index (χ4v) is 3.15. The first kappa shape index (κ1) is 16.2. The fraction of sp³-hybridized carbons (Fsp3) is 0.600. The average Bonchev–Trinajstić information content (AvgIpc) is 2.90. The quantitative estimate of drug-likeness (QED) is 0.625. The number of benzene rings is 1. The zero-order chi connectivity index (χ0) is 15.4. The van der Waals surface area contributed by atoms with E-state index < -0.39 is 0 Å². The molecule has 0 aromatic heterocycles. The molecule has 0 spiro atoms. The Morgan fingerprint density at radius 3 is 2.86 bits per heavy atom. The van der Waals surface area contributed by atoms with Crippen LogP contribution >= 0.6 is 15.9 Å². The summed E-state index contributed by atoms with van der Waals surface area (Å²) in [6.07, 6.45) is 2.32. The first-order valence-electron chi connectivity index (χ1n) is 7.39. The van der Waals surface area contributed by atoms with Crippen LogP contribution in [0.2, 0.25) is 0 Å². The van der Waals surface area contributed by atoms with Crippen LogP contribution in [0.15, 0.2) is 22.7 Å². The Hall–Kier alpha value is -1.14. The first-order valence-corrected chi connectivity index (χ1v) is 8.19. The standard InChI is InChI=1S/C15H22BrN3O2/c1-11(2)9-18(10-13-4-3-7-17-13)14-6-5-12(16)8-15(14)19(20)21/h5-6,8,11,13,17H,3-4,7,9-10H2,1-2H3. The van der Waals surface area contributed by atoms with E-state index in [1.165, 1.54) is 6.42 Å². The lowest BCUT2D eigenvalue weighted by atomic mass is 10.1. The highest BCUT2D eigenvalue weighted by Gasteiger charge is 2.24. The largest absolute Gasteiger partial charge is 0.364 e. The summed E-state index contributed by atoms with van der Waals surface area (Å²) in [5.41, 5.74) is 0.883. The van der Waals surface area contributed by atoms with Crippen molar-refractivity contribution in [3.63, 3.8) is 0 Å². The van der Waals surface area contributed by atoms with Gasteiger partial charge in [-0.1, -0.05) is 29.8 Å². The predicted molar refractivity (Wildman–Crippen MR) is 88.9 cm³/mol. The van der Waals surface area contributed by atoms with E-state index in [1.54, 1.807) is 6.07 Å². The summed E-state index contributed by atoms with van der Waals surface area (Å²) in [6, 6.07) is 5.73. The first-order chi connectivity index (χ1) is 9.97. The van der Waals surface area contributed by atoms with Gasteiger partial charge in [-0.05, 0) is 37.4 Å². The zero-order valence-electron chi connectivity index (χ0n) is 12.5. The second kappa shape index (κ2) is 7.22. The molecular formula is C15H22BrN3O2. The van der Waals surface area contributed by atoms with Gasteiger partial charge >= 0.3 is 0 Å². The van der Waals surface area contributed by atoms with Crippen molar-refractivity contribution in [1.29, 1.82) is 0 Å². The highest BCUT2D eigenvalue weighted by atomic mass is 79.9. The number of nitro benzene ring substituents is 1. The lowest BCUT2D eigenvalue weighted by Crippen LogP contribution is -2.39. The zero-order valence-corrected chi connectivity index (χ0v) is 14.1. The Balaban J connectivity index is 2.28. The number of nitrogens with zero attached hydrogens (tertiary/aromatic N) is 2. The van der Waals surface area contributed by atoms with Crippen LogP contribution in [-0.4, -0.2) is 30.6 Å². The average molecular weight is 356 g/mol. The second-order valence-corrected chi connectivity index (χ2v) is 6.90. The van der Waals surface area contributed by atoms with Crippen molar-refractivity contribution in [3.8, 4) is 0 Å². The van der Waals surface area contributed by atoms with Crippen LogP contribution in [0.4, 0.5) is 11.4 Å². The van der Waals surface area contributed by atoms with Gasteiger partial charge in [0.25, 0.3) is 5.69 Å². The monoisotopic (exact) mass is 355 g/mol. The van der Waals surface area contributed by atoms with E-state index in [9.17, 15) is 10.1 Å². The molecule has 1 aromatic carbocycles. The van der Waals surface area contributed by atoms with E-state index in [0.717, 1.165) is 30.5 Å². The highest BCUT2D eigenvalue weighted by Crippen LogP contribution is 2.32. The van der Waals surface area contributed by atoms with Gasteiger partial charge in [0.1, 0.15) is 5.69 Å². The van der Waals surface area contributed by atoms with E-state index in [2.05, 4.69) is 40.0 Å². The van der Waals surface area contributed by atoms with Gasteiger partial charge in [-0.25, -0.2) is 0 Å². The number of rotatable bonds is 6. The molecule has 0 bridgehead atoms. The number of hydrogen-bond acceptors (Lipinski definition) is 4. The van der Waals surface area contributed by atoms with E-state index in [0.29, 0.717) is 17.6 Å². The molecule has 0 saturated carbocycles. The summed E-state index contributed by atoms with van der Waals surface area (Å²) in [4.78, 5) is 13.2. The molecule has 116 valence electrons. The van der Waals surface area contributed by atoms with Crippen molar-refractivity contribution in [2.45, 2.75) is 32.7 Å². The number of halogens is 1. The molecule has 5 nitrogen and oxygen atoms in total. The smallest absolute Gasteiger partial charge is 0.293 e. The second-order valence-electron chi connectivity index (χ2n) is 5.98. The normalized spacial score (nSPS) is 18.2. The molecule has 1 atom stereocenters. The van der Waals surface area contributed by atoms with Crippen molar-refractivity contribution in [1.82, 2.24) is 5.32 Å². The minimum atomic E-state index is -0.296. The Kier molecular flexibility index (Phi) is 5.58. The molecule has 1 aromatic rings. The molecule has 0 aliphatic carbocycles. The van der Waals surface area contributed by atoms with Crippen LogP contribution in [0.1, 0.15) is 26.7 Å². The maximum atomic E-state index is 11.3. The SMILES string of the molecule is CC(C)CN(CC1CCCN1)c1ccc(Br)cc1[N+](=O)[O-]. The van der Waals surface area contributed by atoms with Gasteiger partial charge in [0.05, 0.1) is 4.92 Å². The topological polar surface area (TPSA) is 58.4 Å². The highest BCUT2D eigenvalue weighted by molar-refractivity contribution is 9.10. The molecule has 1 aliphatic heterocycles. The summed E-state index contributed by atoms with van der Waals surface area (Å²) in [5, 5.41) is 14.8. The van der Waals surface area contributed by atoms with E-state index in [1.807, 2.05) is 12.1 Å². The molecule has 21 heavy (non-hydrogen) atoms. The lowest BCUT2D eigenvalue weighted by molar-refractivity contribution is -0.384. The summed E-state index contributed by atoms with van der Waals surface area (Å²) in [7, 11) is 0. The summed E-state index contributed by atoms with van der Waals surface area (Å²) >= 11 is 3.32. The van der Waals surface area contributed by atoms with E-state index in [-0.39, 0.29) is 10.6 Å². The van der Waals surface area contributed by atoms with Crippen molar-refractivity contribution in [3.05, 3.63) is 32.8 Å². The Labute approximate surface area is 134 Å². The summed E-state index contributed by atoms with van der Waals surface area (Å²) in [6.45, 7) is 6.96. The molecule has 1 aliphatic rings. The molecule has 6 heteroatoms. The van der Waals surface area contributed by atoms with Crippen LogP contribution in [0.5, 0.6) is 0 Å². The van der Waals surface area contributed by atoms with E-state index >= 15 is 0 Å².